The largest absolute Gasteiger partial charge is 0.414 e. The lowest BCUT2D eigenvalue weighted by Crippen LogP contribution is -2.48. The Morgan fingerprint density at radius 2 is 1.52 bits per heavy atom. The van der Waals surface area contributed by atoms with Gasteiger partial charge in [-0.2, -0.15) is 0 Å². The molecule has 6 heteroatoms. The third-order valence-electron chi connectivity index (χ3n) is 7.33. The van der Waals surface area contributed by atoms with E-state index < -0.39 is 16.6 Å². The van der Waals surface area contributed by atoms with Gasteiger partial charge in [0.2, 0.25) is 0 Å². The van der Waals surface area contributed by atoms with Crippen LogP contribution in [-0.2, 0) is 13.6 Å². The summed E-state index contributed by atoms with van der Waals surface area (Å²) >= 11 is 2.36. The zero-order chi connectivity index (χ0) is 23.7. The second-order valence-electron chi connectivity index (χ2n) is 11.8. The van der Waals surface area contributed by atoms with Crippen molar-refractivity contribution in [2.45, 2.75) is 103 Å². The van der Waals surface area contributed by atoms with Crippen molar-refractivity contribution in [3.63, 3.8) is 0 Å². The average molecular weight is 575 g/mol. The molecule has 1 saturated heterocycles. The number of halogens is 1. The topological polar surface area (TPSA) is 27.7 Å². The number of hydrogen-bond donors (Lipinski definition) is 0. The first-order valence-corrected chi connectivity index (χ1v) is 18.3. The maximum absolute atomic E-state index is 6.89. The maximum Gasteiger partial charge on any atom is 0.192 e. The molecule has 0 amide bonds. The van der Waals surface area contributed by atoms with E-state index in [-0.39, 0.29) is 28.4 Å². The van der Waals surface area contributed by atoms with Gasteiger partial charge < -0.3 is 13.6 Å². The zero-order valence-corrected chi connectivity index (χ0v) is 25.4. The van der Waals surface area contributed by atoms with E-state index in [2.05, 4.69) is 127 Å². The molecular formula is C25H43IO3Si2. The predicted molar refractivity (Wildman–Crippen MR) is 147 cm³/mol. The predicted octanol–water partition coefficient (Wildman–Crippen LogP) is 7.93. The molecule has 0 aromatic heterocycles. The van der Waals surface area contributed by atoms with Gasteiger partial charge in [0.1, 0.15) is 6.10 Å². The Morgan fingerprint density at radius 3 is 2.10 bits per heavy atom. The average Bonchev–Trinajstić information content (AvgIpc) is 2.96. The second kappa shape index (κ2) is 10.1. The van der Waals surface area contributed by atoms with Gasteiger partial charge in [-0.15, -0.1) is 0 Å². The highest BCUT2D eigenvalue weighted by molar-refractivity contribution is 14.1. The van der Waals surface area contributed by atoms with E-state index in [1.165, 1.54) is 9.15 Å². The third kappa shape index (κ3) is 7.24. The molecule has 1 fully saturated rings. The summed E-state index contributed by atoms with van der Waals surface area (Å²) in [5.41, 5.74) is 1.21. The van der Waals surface area contributed by atoms with Crippen molar-refractivity contribution in [3.05, 3.63) is 45.6 Å². The number of ether oxygens (including phenoxy) is 1. The highest BCUT2D eigenvalue weighted by Crippen LogP contribution is 2.42. The molecule has 0 aromatic carbocycles. The molecule has 0 bridgehead atoms. The number of allylic oxidation sites excluding steroid dienone is 6. The molecule has 0 aromatic rings. The van der Waals surface area contributed by atoms with Crippen molar-refractivity contribution in [1.82, 2.24) is 0 Å². The van der Waals surface area contributed by atoms with Gasteiger partial charge in [0, 0.05) is 10.0 Å². The van der Waals surface area contributed by atoms with Gasteiger partial charge in [0.05, 0.1) is 18.8 Å². The molecule has 3 unspecified atom stereocenters. The van der Waals surface area contributed by atoms with Crippen molar-refractivity contribution >= 4 is 39.2 Å². The van der Waals surface area contributed by atoms with Gasteiger partial charge >= 0.3 is 0 Å². The van der Waals surface area contributed by atoms with Crippen LogP contribution in [0.2, 0.25) is 36.3 Å². The first-order valence-electron chi connectivity index (χ1n) is 11.4. The van der Waals surface area contributed by atoms with E-state index >= 15 is 0 Å². The Labute approximate surface area is 206 Å². The van der Waals surface area contributed by atoms with Crippen LogP contribution in [0.5, 0.6) is 0 Å². The van der Waals surface area contributed by atoms with E-state index in [0.29, 0.717) is 6.61 Å². The molecule has 2 rings (SSSR count). The molecule has 176 valence electrons. The molecule has 0 saturated carbocycles. The van der Waals surface area contributed by atoms with Gasteiger partial charge in [0.15, 0.2) is 16.6 Å². The minimum absolute atomic E-state index is 0.0333. The van der Waals surface area contributed by atoms with Crippen LogP contribution < -0.4 is 0 Å². The lowest BCUT2D eigenvalue weighted by atomic mass is 10.0. The Hall–Kier alpha value is 0.00377. The molecule has 1 heterocycles. The van der Waals surface area contributed by atoms with Crippen LogP contribution >= 0.6 is 22.6 Å². The monoisotopic (exact) mass is 574 g/mol. The van der Waals surface area contributed by atoms with Gasteiger partial charge in [-0.1, -0.05) is 65.8 Å². The van der Waals surface area contributed by atoms with E-state index in [0.717, 1.165) is 6.42 Å². The SMILES string of the molecule is CC(C)(C)[Si](C)(C)OCC1OC(C2=C/C=C\C=C(I)/C=C\2)CC1O[Si](C)(C)C(C)(C)C. The summed E-state index contributed by atoms with van der Waals surface area (Å²) < 4.78 is 21.3. The van der Waals surface area contributed by atoms with Gasteiger partial charge in [-0.25, -0.2) is 0 Å². The minimum atomic E-state index is -1.92. The summed E-state index contributed by atoms with van der Waals surface area (Å²) in [7, 11) is -3.77. The van der Waals surface area contributed by atoms with Crippen LogP contribution in [0.25, 0.3) is 0 Å². The molecule has 2 aliphatic rings. The fourth-order valence-corrected chi connectivity index (χ4v) is 5.84. The first kappa shape index (κ1) is 27.2. The molecule has 1 aliphatic carbocycles. The summed E-state index contributed by atoms with van der Waals surface area (Å²) in [5.74, 6) is 0. The Kier molecular flexibility index (Phi) is 8.87. The van der Waals surface area contributed by atoms with Crippen LogP contribution in [0.15, 0.2) is 45.6 Å². The first-order chi connectivity index (χ1) is 14.0. The normalized spacial score (nSPS) is 31.3. The van der Waals surface area contributed by atoms with Crippen LogP contribution in [0, 0.1) is 0 Å². The second-order valence-corrected chi connectivity index (χ2v) is 22.6. The summed E-state index contributed by atoms with van der Waals surface area (Å²) in [6.45, 7) is 23.6. The Balaban J connectivity index is 2.24. The Bertz CT molecular complexity index is 752. The fourth-order valence-electron chi connectivity index (χ4n) is 3.08. The smallest absolute Gasteiger partial charge is 0.192 e. The van der Waals surface area contributed by atoms with Crippen molar-refractivity contribution in [2.24, 2.45) is 0 Å². The van der Waals surface area contributed by atoms with Crippen LogP contribution in [-0.4, -0.2) is 41.6 Å². The summed E-state index contributed by atoms with van der Waals surface area (Å²) in [4.78, 5) is 0. The fraction of sp³-hybridized carbons (Fsp3) is 0.680. The maximum atomic E-state index is 6.89. The molecule has 3 nitrogen and oxygen atoms in total. The lowest BCUT2D eigenvalue weighted by Gasteiger charge is -2.40. The van der Waals surface area contributed by atoms with Gasteiger partial charge in [-0.3, -0.25) is 0 Å². The van der Waals surface area contributed by atoms with Gasteiger partial charge in [0.25, 0.3) is 0 Å². The van der Waals surface area contributed by atoms with E-state index in [1.807, 2.05) is 0 Å². The summed E-state index contributed by atoms with van der Waals surface area (Å²) in [6.07, 6.45) is 13.7. The molecule has 0 spiro atoms. The van der Waals surface area contributed by atoms with E-state index in [9.17, 15) is 0 Å². The standard InChI is InChI=1S/C25H43IO3Si2/c1-24(2,3)30(7,8)27-18-23-22(29-31(9,10)25(4,5)6)17-21(28-23)19-13-11-12-14-20(26)16-15-19/h11-16,21-23H,17-18H2,1-10H3/b12-11-,13-11?,14-12?,16-15-,19-13+,19-15?,20-14+,20-16?. The van der Waals surface area contributed by atoms with Crippen LogP contribution in [0.4, 0.5) is 0 Å². The quantitative estimate of drug-likeness (QED) is 0.238. The lowest BCUT2D eigenvalue weighted by molar-refractivity contribution is -0.00563. The van der Waals surface area contributed by atoms with E-state index in [4.69, 9.17) is 13.6 Å². The molecular weight excluding hydrogens is 531 g/mol. The molecule has 0 N–H and O–H groups in total. The van der Waals surface area contributed by atoms with E-state index in [1.54, 1.807) is 0 Å². The zero-order valence-electron chi connectivity index (χ0n) is 21.2. The summed E-state index contributed by atoms with van der Waals surface area (Å²) in [5, 5.41) is 0.346. The molecule has 0 radical (unpaired) electrons. The highest BCUT2D eigenvalue weighted by atomic mass is 127. The summed E-state index contributed by atoms with van der Waals surface area (Å²) in [6, 6.07) is 0. The highest BCUT2D eigenvalue weighted by Gasteiger charge is 2.46. The van der Waals surface area contributed by atoms with Gasteiger partial charge in [-0.05, 0) is 76.6 Å². The molecule has 31 heavy (non-hydrogen) atoms. The van der Waals surface area contributed by atoms with Crippen LogP contribution in [0.3, 0.4) is 0 Å². The number of hydrogen-bond acceptors (Lipinski definition) is 3. The van der Waals surface area contributed by atoms with Crippen LogP contribution in [0.1, 0.15) is 48.0 Å². The van der Waals surface area contributed by atoms with Crippen molar-refractivity contribution in [3.8, 4) is 0 Å². The Morgan fingerprint density at radius 1 is 0.935 bits per heavy atom. The van der Waals surface area contributed by atoms with Crippen molar-refractivity contribution in [2.75, 3.05) is 6.61 Å². The minimum Gasteiger partial charge on any atom is -0.414 e. The number of rotatable bonds is 6. The molecule has 1 aliphatic heterocycles. The van der Waals surface area contributed by atoms with Crippen molar-refractivity contribution in [1.29, 1.82) is 0 Å². The molecule has 3 atom stereocenters. The third-order valence-corrected chi connectivity index (χ3v) is 17.1. The van der Waals surface area contributed by atoms with Crippen molar-refractivity contribution < 1.29 is 13.6 Å².